The third-order valence-electron chi connectivity index (χ3n) is 1.90. The van der Waals surface area contributed by atoms with E-state index in [1.165, 1.54) is 0 Å². The van der Waals surface area contributed by atoms with Crippen molar-refractivity contribution in [2.75, 3.05) is 0 Å². The zero-order chi connectivity index (χ0) is 13.2. The quantitative estimate of drug-likeness (QED) is 0.767. The van der Waals surface area contributed by atoms with Gasteiger partial charge in [0.25, 0.3) is 6.43 Å². The third-order valence-corrected chi connectivity index (χ3v) is 2.32. The second kappa shape index (κ2) is 4.84. The van der Waals surface area contributed by atoms with Crippen LogP contribution in [0.25, 0.3) is 0 Å². The van der Waals surface area contributed by atoms with Crippen molar-refractivity contribution in [3.63, 3.8) is 0 Å². The molecule has 1 rings (SSSR count). The Morgan fingerprint density at radius 3 is 2.41 bits per heavy atom. The van der Waals surface area contributed by atoms with Gasteiger partial charge in [0.15, 0.2) is 0 Å². The van der Waals surface area contributed by atoms with Crippen LogP contribution in [0, 0.1) is 11.3 Å². The van der Waals surface area contributed by atoms with Gasteiger partial charge in [-0.3, -0.25) is 4.98 Å². The molecule has 2 nitrogen and oxygen atoms in total. The summed E-state index contributed by atoms with van der Waals surface area (Å²) in [4.78, 5) is 3.27. The van der Waals surface area contributed by atoms with Crippen molar-refractivity contribution in [2.24, 2.45) is 0 Å². The Kier molecular flexibility index (Phi) is 3.88. The van der Waals surface area contributed by atoms with Gasteiger partial charge in [0.05, 0.1) is 34.3 Å². The molecule has 1 aromatic heterocycles. The maximum atomic E-state index is 12.5. The lowest BCUT2D eigenvalue weighted by Crippen LogP contribution is -2.12. The number of hydrogen-bond donors (Lipinski definition) is 0. The Balaban J connectivity index is 3.46. The molecule has 0 aliphatic heterocycles. The first-order valence-electron chi connectivity index (χ1n) is 4.18. The van der Waals surface area contributed by atoms with E-state index >= 15 is 0 Å². The first-order valence-corrected chi connectivity index (χ1v) is 4.56. The van der Waals surface area contributed by atoms with Gasteiger partial charge in [0.2, 0.25) is 0 Å². The van der Waals surface area contributed by atoms with Gasteiger partial charge in [-0.25, -0.2) is 8.78 Å². The molecule has 0 saturated heterocycles. The summed E-state index contributed by atoms with van der Waals surface area (Å²) >= 11 is 5.40. The smallest absolute Gasteiger partial charge is 0.258 e. The van der Waals surface area contributed by atoms with Gasteiger partial charge in [-0.15, -0.1) is 0 Å². The van der Waals surface area contributed by atoms with Crippen LogP contribution < -0.4 is 0 Å². The Hall–Kier alpha value is -1.42. The summed E-state index contributed by atoms with van der Waals surface area (Å²) < 4.78 is 62.3. The minimum atomic E-state index is -4.96. The molecule has 17 heavy (non-hydrogen) atoms. The number of pyridine rings is 1. The van der Waals surface area contributed by atoms with Gasteiger partial charge >= 0.3 is 6.18 Å². The minimum Gasteiger partial charge on any atom is -0.258 e. The number of nitrogens with zero attached hydrogens (tertiary/aromatic N) is 2. The molecular weight excluding hydrogens is 267 g/mol. The molecule has 0 spiro atoms. The maximum absolute atomic E-state index is 12.5. The fourth-order valence-electron chi connectivity index (χ4n) is 1.18. The molecule has 1 aromatic rings. The summed E-state index contributed by atoms with van der Waals surface area (Å²) in [5.41, 5.74) is -3.21. The van der Waals surface area contributed by atoms with E-state index in [2.05, 4.69) is 4.98 Å². The second-order valence-corrected chi connectivity index (χ2v) is 3.36. The summed E-state index contributed by atoms with van der Waals surface area (Å²) in [6.45, 7) is 0. The Morgan fingerprint density at radius 2 is 2.00 bits per heavy atom. The van der Waals surface area contributed by atoms with Gasteiger partial charge in [-0.2, -0.15) is 18.4 Å². The summed E-state index contributed by atoms with van der Waals surface area (Å²) in [5, 5.41) is 7.54. The van der Waals surface area contributed by atoms with Crippen LogP contribution in [0.15, 0.2) is 6.20 Å². The normalized spacial score (nSPS) is 11.6. The SMILES string of the molecule is N#CCc1ncc(C(F)(F)F)c(C(F)F)c1Cl. The van der Waals surface area contributed by atoms with Crippen molar-refractivity contribution in [1.29, 1.82) is 5.26 Å². The third kappa shape index (κ3) is 2.82. The van der Waals surface area contributed by atoms with Crippen LogP contribution in [0.4, 0.5) is 22.0 Å². The van der Waals surface area contributed by atoms with E-state index in [-0.39, 0.29) is 11.9 Å². The predicted molar refractivity (Wildman–Crippen MR) is 48.5 cm³/mol. The summed E-state index contributed by atoms with van der Waals surface area (Å²) in [6.07, 6.45) is -8.52. The summed E-state index contributed by atoms with van der Waals surface area (Å²) in [7, 11) is 0. The van der Waals surface area contributed by atoms with Crippen LogP contribution in [-0.4, -0.2) is 4.98 Å². The van der Waals surface area contributed by atoms with Crippen molar-refractivity contribution in [3.8, 4) is 6.07 Å². The molecule has 8 heteroatoms. The molecule has 0 aromatic carbocycles. The van der Waals surface area contributed by atoms with Crippen molar-refractivity contribution in [1.82, 2.24) is 4.98 Å². The fraction of sp³-hybridized carbons (Fsp3) is 0.333. The number of aromatic nitrogens is 1. The average Bonchev–Trinajstić information content (AvgIpc) is 2.18. The molecule has 0 bridgehead atoms. The van der Waals surface area contributed by atoms with E-state index in [4.69, 9.17) is 16.9 Å². The zero-order valence-electron chi connectivity index (χ0n) is 8.02. The van der Waals surface area contributed by atoms with E-state index in [1.54, 1.807) is 6.07 Å². The highest BCUT2D eigenvalue weighted by Crippen LogP contribution is 2.40. The lowest BCUT2D eigenvalue weighted by atomic mass is 10.1. The van der Waals surface area contributed by atoms with E-state index in [9.17, 15) is 22.0 Å². The molecule has 0 unspecified atom stereocenters. The second-order valence-electron chi connectivity index (χ2n) is 2.98. The van der Waals surface area contributed by atoms with Crippen LogP contribution in [0.2, 0.25) is 5.02 Å². The van der Waals surface area contributed by atoms with E-state index in [0.717, 1.165) is 0 Å². The van der Waals surface area contributed by atoms with Crippen LogP contribution in [-0.2, 0) is 12.6 Å². The largest absolute Gasteiger partial charge is 0.418 e. The Bertz CT molecular complexity index is 464. The van der Waals surface area contributed by atoms with Crippen LogP contribution in [0.3, 0.4) is 0 Å². The number of rotatable bonds is 2. The molecular formula is C9H4ClF5N2. The highest BCUT2D eigenvalue weighted by atomic mass is 35.5. The van der Waals surface area contributed by atoms with E-state index in [0.29, 0.717) is 0 Å². The van der Waals surface area contributed by atoms with Gasteiger partial charge < -0.3 is 0 Å². The number of halogens is 6. The monoisotopic (exact) mass is 270 g/mol. The van der Waals surface area contributed by atoms with Crippen LogP contribution >= 0.6 is 11.6 Å². The summed E-state index contributed by atoms with van der Waals surface area (Å²) in [5.74, 6) is 0. The standard InChI is InChI=1S/C9H4ClF5N2/c10-7-5(1-2-16)17-3-4(9(13,14)15)6(7)8(11)12/h3,8H,1H2. The van der Waals surface area contributed by atoms with Crippen molar-refractivity contribution < 1.29 is 22.0 Å². The molecule has 0 aliphatic carbocycles. The number of hydrogen-bond acceptors (Lipinski definition) is 2. The van der Waals surface area contributed by atoms with Crippen LogP contribution in [0.1, 0.15) is 23.2 Å². The zero-order valence-corrected chi connectivity index (χ0v) is 8.78. The molecule has 92 valence electrons. The molecule has 0 N–H and O–H groups in total. The Labute approximate surface area is 97.6 Å². The lowest BCUT2D eigenvalue weighted by Gasteiger charge is -2.14. The molecule has 0 atom stereocenters. The van der Waals surface area contributed by atoms with E-state index in [1.807, 2.05) is 0 Å². The fourth-order valence-corrected chi connectivity index (χ4v) is 1.48. The molecule has 0 saturated carbocycles. The summed E-state index contributed by atoms with van der Waals surface area (Å²) in [6, 6.07) is 1.58. The highest BCUT2D eigenvalue weighted by Gasteiger charge is 2.38. The van der Waals surface area contributed by atoms with Crippen molar-refractivity contribution >= 4 is 11.6 Å². The first-order chi connectivity index (χ1) is 7.79. The van der Waals surface area contributed by atoms with Gasteiger partial charge in [0, 0.05) is 6.20 Å². The van der Waals surface area contributed by atoms with Crippen molar-refractivity contribution in [3.05, 3.63) is 28.0 Å². The predicted octanol–water partition coefficient (Wildman–Crippen LogP) is 3.76. The lowest BCUT2D eigenvalue weighted by molar-refractivity contribution is -0.139. The maximum Gasteiger partial charge on any atom is 0.418 e. The average molecular weight is 271 g/mol. The molecule has 0 amide bonds. The first kappa shape index (κ1) is 13.6. The topological polar surface area (TPSA) is 36.7 Å². The van der Waals surface area contributed by atoms with Gasteiger partial charge in [-0.1, -0.05) is 11.6 Å². The molecule has 1 heterocycles. The molecule has 0 aliphatic rings. The number of nitriles is 1. The molecule has 0 radical (unpaired) electrons. The van der Waals surface area contributed by atoms with Crippen LogP contribution in [0.5, 0.6) is 0 Å². The molecule has 0 fully saturated rings. The van der Waals surface area contributed by atoms with Crippen molar-refractivity contribution in [2.45, 2.75) is 19.0 Å². The van der Waals surface area contributed by atoms with Gasteiger partial charge in [-0.05, 0) is 0 Å². The van der Waals surface area contributed by atoms with Gasteiger partial charge in [0.1, 0.15) is 0 Å². The van der Waals surface area contributed by atoms with E-state index < -0.39 is 35.2 Å². The Morgan fingerprint density at radius 1 is 1.41 bits per heavy atom. The number of alkyl halides is 5. The minimum absolute atomic E-state index is 0.264. The highest BCUT2D eigenvalue weighted by molar-refractivity contribution is 6.32.